The average molecular weight is 467 g/mol. The number of thiazole rings is 1. The molecule has 3 aromatic rings. The van der Waals surface area contributed by atoms with Gasteiger partial charge < -0.3 is 15.3 Å². The number of fused-ring (bicyclic) bond motifs is 1. The number of carbonyl (C=O) groups is 2. The van der Waals surface area contributed by atoms with E-state index in [4.69, 9.17) is 0 Å². The fourth-order valence-corrected chi connectivity index (χ4v) is 5.18. The number of aromatic nitrogens is 1. The van der Waals surface area contributed by atoms with Gasteiger partial charge in [-0.25, -0.2) is 9.37 Å². The van der Waals surface area contributed by atoms with E-state index in [1.807, 2.05) is 5.38 Å². The number of amides is 2. The van der Waals surface area contributed by atoms with E-state index in [1.54, 1.807) is 41.3 Å². The smallest absolute Gasteiger partial charge is 0.246 e. The van der Waals surface area contributed by atoms with Crippen LogP contribution in [0.25, 0.3) is 11.3 Å². The van der Waals surface area contributed by atoms with Crippen molar-refractivity contribution in [2.24, 2.45) is 0 Å². The minimum absolute atomic E-state index is 0.0693. The van der Waals surface area contributed by atoms with Crippen molar-refractivity contribution in [3.63, 3.8) is 0 Å². The molecule has 33 heavy (non-hydrogen) atoms. The molecule has 2 atom stereocenters. The number of halogens is 1. The highest BCUT2D eigenvalue weighted by molar-refractivity contribution is 7.09. The number of rotatable bonds is 5. The molecular formula is C24H23FN4O3S. The second-order valence-corrected chi connectivity index (χ2v) is 9.29. The van der Waals surface area contributed by atoms with Gasteiger partial charge in [-0.05, 0) is 42.0 Å². The first-order valence-corrected chi connectivity index (χ1v) is 11.7. The molecule has 2 aromatic carbocycles. The van der Waals surface area contributed by atoms with Gasteiger partial charge in [-0.1, -0.05) is 12.1 Å². The Labute approximate surface area is 194 Å². The van der Waals surface area contributed by atoms with E-state index in [0.29, 0.717) is 32.6 Å². The van der Waals surface area contributed by atoms with Crippen LogP contribution in [0.4, 0.5) is 4.39 Å². The normalized spacial score (nSPS) is 21.1. The van der Waals surface area contributed by atoms with Crippen molar-refractivity contribution >= 4 is 23.2 Å². The third kappa shape index (κ3) is 4.60. The summed E-state index contributed by atoms with van der Waals surface area (Å²) in [6, 6.07) is 11.8. The Morgan fingerprint density at radius 3 is 2.61 bits per heavy atom. The van der Waals surface area contributed by atoms with Crippen LogP contribution in [-0.4, -0.2) is 63.4 Å². The minimum Gasteiger partial charge on any atom is -0.508 e. The number of hydrogen-bond acceptors (Lipinski definition) is 6. The maximum Gasteiger partial charge on any atom is 0.246 e. The Bertz CT molecular complexity index is 1170. The highest BCUT2D eigenvalue weighted by atomic mass is 32.1. The van der Waals surface area contributed by atoms with E-state index in [-0.39, 0.29) is 23.4 Å². The number of nitrogens with zero attached hydrogens (tertiary/aromatic N) is 3. The monoisotopic (exact) mass is 466 g/mol. The van der Waals surface area contributed by atoms with Gasteiger partial charge in [-0.15, -0.1) is 11.3 Å². The van der Waals surface area contributed by atoms with Crippen LogP contribution in [0.5, 0.6) is 5.75 Å². The zero-order valence-electron chi connectivity index (χ0n) is 17.8. The highest BCUT2D eigenvalue weighted by Gasteiger charge is 2.43. The van der Waals surface area contributed by atoms with E-state index >= 15 is 0 Å². The number of aromatic hydroxyl groups is 1. The second kappa shape index (κ2) is 8.92. The average Bonchev–Trinajstić information content (AvgIpc) is 3.27. The predicted octanol–water partition coefficient (Wildman–Crippen LogP) is 2.41. The molecule has 0 saturated carbocycles. The van der Waals surface area contributed by atoms with Crippen LogP contribution in [0.2, 0.25) is 0 Å². The molecular weight excluding hydrogens is 443 g/mol. The molecule has 0 aliphatic carbocycles. The van der Waals surface area contributed by atoms with Crippen LogP contribution in [-0.2, 0) is 22.6 Å². The van der Waals surface area contributed by atoms with Gasteiger partial charge in [-0.3, -0.25) is 14.5 Å². The van der Waals surface area contributed by atoms with Crippen molar-refractivity contribution in [3.8, 4) is 17.0 Å². The fourth-order valence-electron chi connectivity index (χ4n) is 4.34. The Hall–Kier alpha value is -3.30. The molecule has 0 radical (unpaired) electrons. The first kappa shape index (κ1) is 21.5. The Balaban J connectivity index is 1.22. The fraction of sp³-hybridized carbons (Fsp3) is 0.292. The van der Waals surface area contributed by atoms with E-state index in [1.165, 1.54) is 23.5 Å². The second-order valence-electron chi connectivity index (χ2n) is 8.35. The molecule has 2 amide bonds. The Kier molecular flexibility index (Phi) is 5.82. The van der Waals surface area contributed by atoms with Gasteiger partial charge in [0.05, 0.1) is 12.2 Å². The molecule has 0 unspecified atom stereocenters. The van der Waals surface area contributed by atoms with Crippen molar-refractivity contribution in [2.75, 3.05) is 19.6 Å². The largest absolute Gasteiger partial charge is 0.508 e. The topological polar surface area (TPSA) is 85.8 Å². The van der Waals surface area contributed by atoms with E-state index in [0.717, 1.165) is 21.8 Å². The van der Waals surface area contributed by atoms with Crippen molar-refractivity contribution in [3.05, 3.63) is 70.3 Å². The van der Waals surface area contributed by atoms with Gasteiger partial charge in [-0.2, -0.15) is 0 Å². The molecule has 2 aliphatic heterocycles. The van der Waals surface area contributed by atoms with E-state index < -0.39 is 12.1 Å². The highest BCUT2D eigenvalue weighted by Crippen LogP contribution is 2.25. The predicted molar refractivity (Wildman–Crippen MR) is 122 cm³/mol. The number of benzene rings is 2. The van der Waals surface area contributed by atoms with Crippen LogP contribution in [0.1, 0.15) is 10.6 Å². The van der Waals surface area contributed by atoms with Gasteiger partial charge >= 0.3 is 0 Å². The lowest BCUT2D eigenvalue weighted by atomic mass is 9.98. The number of carbonyl (C=O) groups excluding carboxylic acids is 2. The standard InChI is InChI=1S/C24H23FN4O3S/c25-17-5-3-16(4-6-17)20-14-33-22(26-20)13-28-9-10-29-21(12-28)23(31)27-19(24(29)32)11-15-1-7-18(30)8-2-15/h1-8,14,19,21,30H,9-13H2,(H,27,31)/t19-,21-/m1/s1. The van der Waals surface area contributed by atoms with Crippen molar-refractivity contribution in [2.45, 2.75) is 25.0 Å². The van der Waals surface area contributed by atoms with Crippen molar-refractivity contribution < 1.29 is 19.1 Å². The Morgan fingerprint density at radius 2 is 1.85 bits per heavy atom. The number of nitrogens with one attached hydrogen (secondary N) is 1. The molecule has 9 heteroatoms. The maximum atomic E-state index is 13.2. The SMILES string of the molecule is O=C1N[C@H](Cc2ccc(O)cc2)C(=O)N2CCN(Cc3nc(-c4ccc(F)cc4)cs3)C[C@H]12. The number of phenolic OH excluding ortho intramolecular Hbond substituents is 1. The van der Waals surface area contributed by atoms with Crippen LogP contribution in [0.15, 0.2) is 53.9 Å². The zero-order chi connectivity index (χ0) is 22.9. The molecule has 3 heterocycles. The van der Waals surface area contributed by atoms with Gasteiger partial charge in [0, 0.05) is 37.0 Å². The van der Waals surface area contributed by atoms with E-state index in [9.17, 15) is 19.1 Å². The minimum atomic E-state index is -0.595. The molecule has 2 fully saturated rings. The molecule has 0 spiro atoms. The lowest BCUT2D eigenvalue weighted by Crippen LogP contribution is -2.69. The first-order chi connectivity index (χ1) is 16.0. The first-order valence-electron chi connectivity index (χ1n) is 10.8. The van der Waals surface area contributed by atoms with Gasteiger partial charge in [0.15, 0.2) is 0 Å². The van der Waals surface area contributed by atoms with Crippen molar-refractivity contribution in [1.82, 2.24) is 20.1 Å². The maximum absolute atomic E-state index is 13.2. The summed E-state index contributed by atoms with van der Waals surface area (Å²) in [5.41, 5.74) is 2.54. The summed E-state index contributed by atoms with van der Waals surface area (Å²) in [6.45, 7) is 2.19. The third-order valence-corrected chi connectivity index (χ3v) is 6.93. The quantitative estimate of drug-likeness (QED) is 0.603. The molecule has 2 aliphatic rings. The lowest BCUT2D eigenvalue weighted by molar-refractivity contribution is -0.153. The van der Waals surface area contributed by atoms with E-state index in [2.05, 4.69) is 15.2 Å². The summed E-state index contributed by atoms with van der Waals surface area (Å²) in [7, 11) is 0. The molecule has 1 aromatic heterocycles. The summed E-state index contributed by atoms with van der Waals surface area (Å²) in [5, 5.41) is 15.2. The Morgan fingerprint density at radius 1 is 1.09 bits per heavy atom. The van der Waals surface area contributed by atoms with Crippen LogP contribution in [0, 0.1) is 5.82 Å². The molecule has 0 bridgehead atoms. The molecule has 2 N–H and O–H groups in total. The van der Waals surface area contributed by atoms with Gasteiger partial charge in [0.25, 0.3) is 0 Å². The lowest BCUT2D eigenvalue weighted by Gasteiger charge is -2.45. The summed E-state index contributed by atoms with van der Waals surface area (Å²) in [4.78, 5) is 34.4. The summed E-state index contributed by atoms with van der Waals surface area (Å²) in [5.74, 6) is -0.328. The molecule has 7 nitrogen and oxygen atoms in total. The zero-order valence-corrected chi connectivity index (χ0v) is 18.6. The number of hydrogen-bond donors (Lipinski definition) is 2. The number of phenols is 1. The van der Waals surface area contributed by atoms with Crippen LogP contribution < -0.4 is 5.32 Å². The third-order valence-electron chi connectivity index (χ3n) is 6.09. The molecule has 170 valence electrons. The summed E-state index contributed by atoms with van der Waals surface area (Å²) < 4.78 is 13.2. The van der Waals surface area contributed by atoms with Crippen LogP contribution >= 0.6 is 11.3 Å². The van der Waals surface area contributed by atoms with Crippen molar-refractivity contribution in [1.29, 1.82) is 0 Å². The summed E-state index contributed by atoms with van der Waals surface area (Å²) >= 11 is 1.53. The number of piperazine rings is 2. The molecule has 5 rings (SSSR count). The van der Waals surface area contributed by atoms with Gasteiger partial charge in [0.1, 0.15) is 28.7 Å². The van der Waals surface area contributed by atoms with Gasteiger partial charge in [0.2, 0.25) is 11.8 Å². The molecule has 2 saturated heterocycles. The van der Waals surface area contributed by atoms with Crippen LogP contribution in [0.3, 0.4) is 0 Å². The summed E-state index contributed by atoms with van der Waals surface area (Å²) in [6.07, 6.45) is 0.392.